The Morgan fingerprint density at radius 3 is 2.61 bits per heavy atom. The van der Waals surface area contributed by atoms with Gasteiger partial charge in [-0.3, -0.25) is 0 Å². The quantitative estimate of drug-likeness (QED) is 0.576. The standard InChI is InChI=1S/C15H29NO2/c1-2-3-11-17-12-13-18-15(7-4-8-15)9-10-16-14-5-6-14/h14,16H,2-13H2,1H3. The molecule has 3 heteroatoms. The Hall–Kier alpha value is -0.120. The van der Waals surface area contributed by atoms with Crippen molar-refractivity contribution in [2.75, 3.05) is 26.4 Å². The Morgan fingerprint density at radius 2 is 2.00 bits per heavy atom. The molecule has 0 saturated heterocycles. The average Bonchev–Trinajstić information content (AvgIpc) is 3.13. The summed E-state index contributed by atoms with van der Waals surface area (Å²) in [6.07, 6.45) is 10.1. The zero-order valence-electron chi connectivity index (χ0n) is 11.9. The van der Waals surface area contributed by atoms with Crippen LogP contribution in [0.15, 0.2) is 0 Å². The molecule has 2 fully saturated rings. The number of nitrogens with one attached hydrogen (secondary N) is 1. The first kappa shape index (κ1) is 14.3. The summed E-state index contributed by atoms with van der Waals surface area (Å²) >= 11 is 0. The summed E-state index contributed by atoms with van der Waals surface area (Å²) in [5.74, 6) is 0. The van der Waals surface area contributed by atoms with Crippen LogP contribution in [0.4, 0.5) is 0 Å². The van der Waals surface area contributed by atoms with Crippen molar-refractivity contribution in [2.45, 2.75) is 69.9 Å². The number of rotatable bonds is 11. The van der Waals surface area contributed by atoms with Crippen LogP contribution in [0.2, 0.25) is 0 Å². The Balaban J connectivity index is 1.50. The van der Waals surface area contributed by atoms with E-state index in [1.165, 1.54) is 44.9 Å². The highest BCUT2D eigenvalue weighted by molar-refractivity contribution is 4.91. The van der Waals surface area contributed by atoms with E-state index in [4.69, 9.17) is 9.47 Å². The highest BCUT2D eigenvalue weighted by Crippen LogP contribution is 2.38. The van der Waals surface area contributed by atoms with Gasteiger partial charge in [-0.1, -0.05) is 13.3 Å². The van der Waals surface area contributed by atoms with E-state index in [0.717, 1.165) is 38.8 Å². The third-order valence-corrected chi connectivity index (χ3v) is 4.13. The highest BCUT2D eigenvalue weighted by Gasteiger charge is 2.37. The molecule has 106 valence electrons. The number of hydrogen-bond acceptors (Lipinski definition) is 3. The molecule has 0 radical (unpaired) electrons. The molecule has 2 saturated carbocycles. The number of ether oxygens (including phenoxy) is 2. The minimum atomic E-state index is 0.190. The molecule has 2 aliphatic rings. The summed E-state index contributed by atoms with van der Waals surface area (Å²) in [7, 11) is 0. The van der Waals surface area contributed by atoms with Gasteiger partial charge in [0.1, 0.15) is 0 Å². The lowest BCUT2D eigenvalue weighted by Crippen LogP contribution is -2.43. The summed E-state index contributed by atoms with van der Waals surface area (Å²) in [5.41, 5.74) is 0.190. The Kier molecular flexibility index (Phi) is 5.93. The zero-order chi connectivity index (χ0) is 12.7. The molecule has 0 aromatic rings. The monoisotopic (exact) mass is 255 g/mol. The SMILES string of the molecule is CCCCOCCOC1(CCNC2CC2)CCC1. The first-order valence-corrected chi connectivity index (χ1v) is 7.80. The summed E-state index contributed by atoms with van der Waals surface area (Å²) in [4.78, 5) is 0. The largest absolute Gasteiger partial charge is 0.379 e. The van der Waals surface area contributed by atoms with Crippen LogP contribution in [0.25, 0.3) is 0 Å². The highest BCUT2D eigenvalue weighted by atomic mass is 16.5. The second-order valence-electron chi connectivity index (χ2n) is 5.83. The molecule has 0 spiro atoms. The van der Waals surface area contributed by atoms with Gasteiger partial charge in [0.25, 0.3) is 0 Å². The van der Waals surface area contributed by atoms with Gasteiger partial charge < -0.3 is 14.8 Å². The molecule has 0 aromatic heterocycles. The predicted molar refractivity (Wildman–Crippen MR) is 73.9 cm³/mol. The molecule has 0 unspecified atom stereocenters. The zero-order valence-corrected chi connectivity index (χ0v) is 11.9. The molecule has 3 nitrogen and oxygen atoms in total. The fourth-order valence-electron chi connectivity index (χ4n) is 2.49. The molecular formula is C15H29NO2. The minimum Gasteiger partial charge on any atom is -0.379 e. The van der Waals surface area contributed by atoms with Crippen LogP contribution in [0.5, 0.6) is 0 Å². The minimum absolute atomic E-state index is 0.190. The Bertz CT molecular complexity index is 225. The molecule has 0 bridgehead atoms. The van der Waals surface area contributed by atoms with Crippen LogP contribution in [0.3, 0.4) is 0 Å². The summed E-state index contributed by atoms with van der Waals surface area (Å²) in [6.45, 7) is 5.73. The van der Waals surface area contributed by atoms with Gasteiger partial charge >= 0.3 is 0 Å². The number of unbranched alkanes of at least 4 members (excludes halogenated alkanes) is 1. The second kappa shape index (κ2) is 7.46. The third-order valence-electron chi connectivity index (χ3n) is 4.13. The van der Waals surface area contributed by atoms with Crippen molar-refractivity contribution in [3.8, 4) is 0 Å². The van der Waals surface area contributed by atoms with Crippen molar-refractivity contribution in [3.05, 3.63) is 0 Å². The van der Waals surface area contributed by atoms with Gasteiger partial charge in [0.2, 0.25) is 0 Å². The lowest BCUT2D eigenvalue weighted by molar-refractivity contribution is -0.117. The molecule has 0 atom stereocenters. The van der Waals surface area contributed by atoms with Crippen LogP contribution < -0.4 is 5.32 Å². The van der Waals surface area contributed by atoms with Crippen molar-refractivity contribution in [3.63, 3.8) is 0 Å². The predicted octanol–water partition coefficient (Wildman–Crippen LogP) is 2.88. The van der Waals surface area contributed by atoms with E-state index in [2.05, 4.69) is 12.2 Å². The molecule has 2 aliphatic carbocycles. The van der Waals surface area contributed by atoms with Gasteiger partial charge in [0.05, 0.1) is 18.8 Å². The van der Waals surface area contributed by atoms with Crippen LogP contribution in [0.1, 0.15) is 58.3 Å². The van der Waals surface area contributed by atoms with Crippen molar-refractivity contribution >= 4 is 0 Å². The lowest BCUT2D eigenvalue weighted by Gasteiger charge is -2.42. The maximum Gasteiger partial charge on any atom is 0.0708 e. The van der Waals surface area contributed by atoms with Gasteiger partial charge in [-0.2, -0.15) is 0 Å². The fourth-order valence-corrected chi connectivity index (χ4v) is 2.49. The van der Waals surface area contributed by atoms with E-state index in [-0.39, 0.29) is 5.60 Å². The van der Waals surface area contributed by atoms with Crippen molar-refractivity contribution in [1.29, 1.82) is 0 Å². The molecule has 0 amide bonds. The maximum absolute atomic E-state index is 6.08. The number of hydrogen-bond donors (Lipinski definition) is 1. The molecule has 2 rings (SSSR count). The Morgan fingerprint density at radius 1 is 1.17 bits per heavy atom. The van der Waals surface area contributed by atoms with Crippen LogP contribution in [-0.4, -0.2) is 38.0 Å². The normalized spacial score (nSPS) is 21.8. The van der Waals surface area contributed by atoms with Crippen molar-refractivity contribution < 1.29 is 9.47 Å². The Labute approximate surface area is 112 Å². The van der Waals surface area contributed by atoms with E-state index >= 15 is 0 Å². The van der Waals surface area contributed by atoms with Gasteiger partial charge in [-0.15, -0.1) is 0 Å². The van der Waals surface area contributed by atoms with E-state index in [0.29, 0.717) is 0 Å². The topological polar surface area (TPSA) is 30.5 Å². The van der Waals surface area contributed by atoms with Gasteiger partial charge in [-0.05, 0) is 51.5 Å². The third kappa shape index (κ3) is 4.87. The van der Waals surface area contributed by atoms with Crippen LogP contribution in [-0.2, 0) is 9.47 Å². The molecule has 0 aliphatic heterocycles. The van der Waals surface area contributed by atoms with E-state index in [1.54, 1.807) is 0 Å². The van der Waals surface area contributed by atoms with Crippen LogP contribution >= 0.6 is 0 Å². The van der Waals surface area contributed by atoms with Gasteiger partial charge in [0.15, 0.2) is 0 Å². The maximum atomic E-state index is 6.08. The summed E-state index contributed by atoms with van der Waals surface area (Å²) in [6, 6.07) is 0.819. The molecular weight excluding hydrogens is 226 g/mol. The average molecular weight is 255 g/mol. The molecule has 1 N–H and O–H groups in total. The second-order valence-corrected chi connectivity index (χ2v) is 5.83. The van der Waals surface area contributed by atoms with Crippen molar-refractivity contribution in [2.24, 2.45) is 0 Å². The van der Waals surface area contributed by atoms with E-state index < -0.39 is 0 Å². The van der Waals surface area contributed by atoms with Crippen LogP contribution in [0, 0.1) is 0 Å². The van der Waals surface area contributed by atoms with Crippen molar-refractivity contribution in [1.82, 2.24) is 5.32 Å². The summed E-state index contributed by atoms with van der Waals surface area (Å²) in [5, 5.41) is 3.59. The fraction of sp³-hybridized carbons (Fsp3) is 1.00. The van der Waals surface area contributed by atoms with Gasteiger partial charge in [-0.25, -0.2) is 0 Å². The first-order chi connectivity index (χ1) is 8.85. The van der Waals surface area contributed by atoms with Gasteiger partial charge in [0, 0.05) is 12.6 Å². The first-order valence-electron chi connectivity index (χ1n) is 7.80. The molecule has 0 aromatic carbocycles. The van der Waals surface area contributed by atoms with E-state index in [1.807, 2.05) is 0 Å². The molecule has 18 heavy (non-hydrogen) atoms. The summed E-state index contributed by atoms with van der Waals surface area (Å²) < 4.78 is 11.6. The molecule has 0 heterocycles. The lowest BCUT2D eigenvalue weighted by atomic mass is 9.77. The van der Waals surface area contributed by atoms with E-state index in [9.17, 15) is 0 Å². The smallest absolute Gasteiger partial charge is 0.0708 e.